The van der Waals surface area contributed by atoms with Crippen molar-refractivity contribution in [1.29, 1.82) is 0 Å². The molecule has 1 heterocycles. The number of sulfonamides is 1. The van der Waals surface area contributed by atoms with Gasteiger partial charge in [0.05, 0.1) is 5.75 Å². The molecule has 2 N–H and O–H groups in total. The second-order valence-corrected chi connectivity index (χ2v) is 7.81. The second-order valence-electron chi connectivity index (χ2n) is 5.11. The maximum absolute atomic E-state index is 11.7. The van der Waals surface area contributed by atoms with Gasteiger partial charge in [0.25, 0.3) is 0 Å². The summed E-state index contributed by atoms with van der Waals surface area (Å²) in [6, 6.07) is 1.80. The molecule has 18 heavy (non-hydrogen) atoms. The van der Waals surface area contributed by atoms with Crippen LogP contribution in [0.4, 0.5) is 0 Å². The van der Waals surface area contributed by atoms with Crippen molar-refractivity contribution in [1.82, 2.24) is 4.72 Å². The van der Waals surface area contributed by atoms with Crippen molar-refractivity contribution in [3.05, 3.63) is 22.4 Å². The normalized spacial score (nSPS) is 15.8. The van der Waals surface area contributed by atoms with E-state index in [2.05, 4.69) is 4.72 Å². The molecule has 1 atom stereocenters. The Hall–Kier alpha value is -0.430. The zero-order valence-electron chi connectivity index (χ0n) is 11.0. The van der Waals surface area contributed by atoms with Crippen LogP contribution in [0.2, 0.25) is 0 Å². The number of hydrogen-bond donors (Lipinski definition) is 2. The van der Waals surface area contributed by atoms with E-state index in [-0.39, 0.29) is 12.3 Å². The maximum atomic E-state index is 11.7. The van der Waals surface area contributed by atoms with Gasteiger partial charge in [-0.05, 0) is 41.7 Å². The van der Waals surface area contributed by atoms with Crippen molar-refractivity contribution in [3.63, 3.8) is 0 Å². The van der Waals surface area contributed by atoms with Crippen molar-refractivity contribution in [2.75, 3.05) is 12.3 Å². The molecule has 0 spiro atoms. The molecule has 0 aliphatic rings. The lowest BCUT2D eigenvalue weighted by Gasteiger charge is -2.22. The minimum atomic E-state index is -3.31. The number of thiophene rings is 1. The lowest BCUT2D eigenvalue weighted by atomic mass is 10.0. The van der Waals surface area contributed by atoms with E-state index in [4.69, 9.17) is 0 Å². The minimum absolute atomic E-state index is 0.00413. The standard InChI is InChI=1S/C12H21NO3S2/c1-10(2)5-7-18(15,16)13-9-12(3,14)11-4-6-17-8-11/h4,6,8,10,13-14H,5,7,9H2,1-3H3. The molecule has 0 bridgehead atoms. The van der Waals surface area contributed by atoms with Gasteiger partial charge in [-0.3, -0.25) is 0 Å². The molecular formula is C12H21NO3S2. The number of aliphatic hydroxyl groups is 1. The van der Waals surface area contributed by atoms with Crippen molar-refractivity contribution >= 4 is 21.4 Å². The first-order valence-corrected chi connectivity index (χ1v) is 8.55. The van der Waals surface area contributed by atoms with Crippen LogP contribution in [-0.2, 0) is 15.6 Å². The molecule has 0 aromatic carbocycles. The van der Waals surface area contributed by atoms with E-state index in [0.717, 1.165) is 5.56 Å². The van der Waals surface area contributed by atoms with Gasteiger partial charge in [-0.1, -0.05) is 13.8 Å². The molecule has 104 valence electrons. The van der Waals surface area contributed by atoms with Crippen LogP contribution in [0.25, 0.3) is 0 Å². The lowest BCUT2D eigenvalue weighted by molar-refractivity contribution is 0.0632. The van der Waals surface area contributed by atoms with Gasteiger partial charge in [0.1, 0.15) is 5.60 Å². The van der Waals surface area contributed by atoms with E-state index in [1.807, 2.05) is 24.6 Å². The monoisotopic (exact) mass is 291 g/mol. The summed E-state index contributed by atoms with van der Waals surface area (Å²) in [6.07, 6.45) is 0.621. The molecule has 1 rings (SSSR count). The van der Waals surface area contributed by atoms with E-state index in [1.165, 1.54) is 11.3 Å². The number of rotatable bonds is 7. The Balaban J connectivity index is 2.54. The zero-order valence-corrected chi connectivity index (χ0v) is 12.6. The summed E-state index contributed by atoms with van der Waals surface area (Å²) in [7, 11) is -3.31. The summed E-state index contributed by atoms with van der Waals surface area (Å²) in [6.45, 7) is 5.58. The fourth-order valence-electron chi connectivity index (χ4n) is 1.39. The number of nitrogens with one attached hydrogen (secondary N) is 1. The largest absolute Gasteiger partial charge is 0.384 e. The van der Waals surface area contributed by atoms with Gasteiger partial charge in [0, 0.05) is 6.54 Å². The summed E-state index contributed by atoms with van der Waals surface area (Å²) in [5.74, 6) is 0.448. The van der Waals surface area contributed by atoms with E-state index in [9.17, 15) is 13.5 Å². The molecule has 6 heteroatoms. The lowest BCUT2D eigenvalue weighted by Crippen LogP contribution is -2.39. The quantitative estimate of drug-likeness (QED) is 0.806. The molecule has 0 aliphatic heterocycles. The molecular weight excluding hydrogens is 270 g/mol. The summed E-state index contributed by atoms with van der Waals surface area (Å²) < 4.78 is 25.9. The van der Waals surface area contributed by atoms with Crippen molar-refractivity contribution in [2.45, 2.75) is 32.8 Å². The first kappa shape index (κ1) is 15.6. The average molecular weight is 291 g/mol. The van der Waals surface area contributed by atoms with Crippen LogP contribution < -0.4 is 4.72 Å². The highest BCUT2D eigenvalue weighted by atomic mass is 32.2. The molecule has 0 fully saturated rings. The van der Waals surface area contributed by atoms with Gasteiger partial charge in [-0.15, -0.1) is 0 Å². The highest BCUT2D eigenvalue weighted by molar-refractivity contribution is 7.89. The van der Waals surface area contributed by atoms with Crippen LogP contribution in [0, 0.1) is 5.92 Å². The Labute approximate surface area is 113 Å². The van der Waals surface area contributed by atoms with Crippen molar-refractivity contribution < 1.29 is 13.5 Å². The third-order valence-electron chi connectivity index (χ3n) is 2.74. The Morgan fingerprint density at radius 2 is 2.17 bits per heavy atom. The van der Waals surface area contributed by atoms with Gasteiger partial charge in [0.2, 0.25) is 10.0 Å². The van der Waals surface area contributed by atoms with Crippen molar-refractivity contribution in [2.24, 2.45) is 5.92 Å². The number of hydrogen-bond acceptors (Lipinski definition) is 4. The predicted octanol–water partition coefficient (Wildman–Crippen LogP) is 1.92. The van der Waals surface area contributed by atoms with Gasteiger partial charge < -0.3 is 5.11 Å². The summed E-state index contributed by atoms with van der Waals surface area (Å²) >= 11 is 1.48. The SMILES string of the molecule is CC(C)CCS(=O)(=O)NCC(C)(O)c1ccsc1. The van der Waals surface area contributed by atoms with E-state index >= 15 is 0 Å². The maximum Gasteiger partial charge on any atom is 0.211 e. The summed E-state index contributed by atoms with van der Waals surface area (Å²) in [4.78, 5) is 0. The Morgan fingerprint density at radius 1 is 1.50 bits per heavy atom. The van der Waals surface area contributed by atoms with Gasteiger partial charge in [-0.25, -0.2) is 13.1 Å². The van der Waals surface area contributed by atoms with Crippen molar-refractivity contribution in [3.8, 4) is 0 Å². The molecule has 0 saturated carbocycles. The minimum Gasteiger partial charge on any atom is -0.384 e. The molecule has 1 unspecified atom stereocenters. The van der Waals surface area contributed by atoms with Crippen LogP contribution in [0.15, 0.2) is 16.8 Å². The van der Waals surface area contributed by atoms with Crippen LogP contribution >= 0.6 is 11.3 Å². The second kappa shape index (κ2) is 6.14. The highest BCUT2D eigenvalue weighted by Gasteiger charge is 2.25. The Kier molecular flexibility index (Phi) is 5.33. The van der Waals surface area contributed by atoms with E-state index in [0.29, 0.717) is 12.3 Å². The molecule has 4 nitrogen and oxygen atoms in total. The Bertz CT molecular complexity index is 450. The molecule has 0 saturated heterocycles. The topological polar surface area (TPSA) is 66.4 Å². The molecule has 1 aromatic rings. The van der Waals surface area contributed by atoms with Crippen LogP contribution in [0.1, 0.15) is 32.8 Å². The van der Waals surface area contributed by atoms with Gasteiger partial charge >= 0.3 is 0 Å². The smallest absolute Gasteiger partial charge is 0.211 e. The van der Waals surface area contributed by atoms with Crippen LogP contribution in [0.3, 0.4) is 0 Å². The highest BCUT2D eigenvalue weighted by Crippen LogP contribution is 2.22. The average Bonchev–Trinajstić information content (AvgIpc) is 2.78. The van der Waals surface area contributed by atoms with Gasteiger partial charge in [-0.2, -0.15) is 11.3 Å². The first-order chi connectivity index (χ1) is 8.23. The summed E-state index contributed by atoms with van der Waals surface area (Å²) in [5.41, 5.74) is -0.427. The predicted molar refractivity (Wildman–Crippen MR) is 75.1 cm³/mol. The fraction of sp³-hybridized carbons (Fsp3) is 0.667. The Morgan fingerprint density at radius 3 is 2.67 bits per heavy atom. The van der Waals surface area contributed by atoms with Crippen LogP contribution in [-0.4, -0.2) is 25.8 Å². The molecule has 0 radical (unpaired) electrons. The van der Waals surface area contributed by atoms with E-state index < -0.39 is 15.6 Å². The zero-order chi connectivity index (χ0) is 13.8. The fourth-order valence-corrected chi connectivity index (χ4v) is 3.60. The third-order valence-corrected chi connectivity index (χ3v) is 4.78. The van der Waals surface area contributed by atoms with E-state index in [1.54, 1.807) is 13.0 Å². The molecule has 1 aromatic heterocycles. The third kappa shape index (κ3) is 5.06. The van der Waals surface area contributed by atoms with Crippen LogP contribution in [0.5, 0.6) is 0 Å². The summed E-state index contributed by atoms with van der Waals surface area (Å²) in [5, 5.41) is 13.9. The first-order valence-electron chi connectivity index (χ1n) is 5.95. The molecule has 0 amide bonds. The molecule has 0 aliphatic carbocycles. The van der Waals surface area contributed by atoms with Gasteiger partial charge in [0.15, 0.2) is 0 Å².